The van der Waals surface area contributed by atoms with E-state index in [0.717, 1.165) is 31.2 Å². The normalized spacial score (nSPS) is 24.4. The SMILES string of the molecule is CN(C(=O)C1=CC2OC(C3CC3)(C3CC3)OC2C(OC(=O)c2cccc(C=CC(=O)OC3C(=O)OCC3(C)C)c2)C1)C(Cc1ccccc1)C(=O)NC(CO)CCC(=O)OC(C)(C)C. The van der Waals surface area contributed by atoms with Gasteiger partial charge in [-0.3, -0.25) is 14.4 Å². The number of nitrogens with zero attached hydrogens (tertiary/aromatic N) is 1. The molecule has 15 nitrogen and oxygen atoms in total. The van der Waals surface area contributed by atoms with E-state index in [1.54, 1.807) is 65.0 Å². The molecule has 6 unspecified atom stereocenters. The number of likely N-dealkylation sites (N-methyl/N-ethyl adjacent to an activating group) is 1. The molecule has 2 aromatic rings. The van der Waals surface area contributed by atoms with Gasteiger partial charge in [0, 0.05) is 55.2 Å². The third-order valence-electron chi connectivity index (χ3n) is 12.3. The Kier molecular flexibility index (Phi) is 13.8. The first kappa shape index (κ1) is 46.6. The number of carbonyl (C=O) groups excluding carboxylic acids is 6. The van der Waals surface area contributed by atoms with Gasteiger partial charge in [0.15, 0.2) is 5.79 Å². The number of aliphatic hydroxyl groups excluding tert-OH is 1. The number of aliphatic hydroxyl groups is 1. The molecule has 2 saturated carbocycles. The van der Waals surface area contributed by atoms with Gasteiger partial charge in [-0.1, -0.05) is 56.3 Å². The third-order valence-corrected chi connectivity index (χ3v) is 12.3. The van der Waals surface area contributed by atoms with Gasteiger partial charge < -0.3 is 43.7 Å². The monoisotopic (exact) mass is 884 g/mol. The molecule has 0 bridgehead atoms. The van der Waals surface area contributed by atoms with Crippen LogP contribution in [0.1, 0.15) is 101 Å². The van der Waals surface area contributed by atoms with Gasteiger partial charge in [0.25, 0.3) is 0 Å². The highest BCUT2D eigenvalue weighted by Crippen LogP contribution is 2.59. The number of benzene rings is 2. The number of nitrogens with one attached hydrogen (secondary N) is 1. The fourth-order valence-corrected chi connectivity index (χ4v) is 8.59. The molecule has 15 heteroatoms. The standard InChI is InChI=1S/C49H60N2O13/c1-47(2,3)63-40(54)22-20-35(27-52)50-43(55)36(24-29-11-8-7-9-12-29)51(6)44(56)32-25-37(41-38(26-32)62-49(64-41,33-16-17-33)34-18-19-34)60-45(57)31-14-10-13-30(23-31)15-21-39(53)61-42-46(58)59-28-48(42,4)5/h7-15,21,23,26,33-38,41-42,52H,16-20,22,24-25,27-28H2,1-6H3,(H,50,55). The van der Waals surface area contributed by atoms with E-state index >= 15 is 0 Å². The lowest BCUT2D eigenvalue weighted by molar-refractivity contribution is -0.209. The van der Waals surface area contributed by atoms with Gasteiger partial charge in [0.1, 0.15) is 36.6 Å². The lowest BCUT2D eigenvalue weighted by Gasteiger charge is -2.34. The molecular weight excluding hydrogens is 825 g/mol. The minimum Gasteiger partial charge on any atom is -0.462 e. The van der Waals surface area contributed by atoms with Crippen LogP contribution in [0.4, 0.5) is 0 Å². The summed E-state index contributed by atoms with van der Waals surface area (Å²) < 4.78 is 35.7. The van der Waals surface area contributed by atoms with Gasteiger partial charge in [0.2, 0.25) is 17.9 Å². The number of ether oxygens (including phenoxy) is 6. The van der Waals surface area contributed by atoms with Gasteiger partial charge in [-0.25, -0.2) is 14.4 Å². The van der Waals surface area contributed by atoms with Crippen LogP contribution in [0.25, 0.3) is 6.08 Å². The van der Waals surface area contributed by atoms with Crippen molar-refractivity contribution in [3.63, 3.8) is 0 Å². The number of hydrogen-bond acceptors (Lipinski definition) is 13. The maximum Gasteiger partial charge on any atom is 0.348 e. The number of amides is 2. The molecular formula is C49H60N2O13. The highest BCUT2D eigenvalue weighted by atomic mass is 16.8. The Bertz CT molecular complexity index is 2140. The third kappa shape index (κ3) is 11.1. The van der Waals surface area contributed by atoms with Gasteiger partial charge in [-0.15, -0.1) is 0 Å². The number of carbonyl (C=O) groups is 6. The van der Waals surface area contributed by atoms with Crippen LogP contribution in [-0.2, 0) is 58.8 Å². The predicted octanol–water partition coefficient (Wildman–Crippen LogP) is 5.02. The van der Waals surface area contributed by atoms with E-state index in [2.05, 4.69) is 5.32 Å². The largest absolute Gasteiger partial charge is 0.462 e. The number of rotatable bonds is 17. The van der Waals surface area contributed by atoms with Crippen molar-refractivity contribution in [2.24, 2.45) is 17.3 Å². The topological polar surface area (TPSA) is 193 Å². The Labute approximate surface area is 373 Å². The summed E-state index contributed by atoms with van der Waals surface area (Å²) in [5.41, 5.74) is 0.404. The van der Waals surface area contributed by atoms with Crippen molar-refractivity contribution in [3.05, 3.63) is 89.0 Å². The van der Waals surface area contributed by atoms with E-state index < -0.39 is 95.6 Å². The van der Waals surface area contributed by atoms with Gasteiger partial charge in [0.05, 0.1) is 18.2 Å². The zero-order chi connectivity index (χ0) is 46.0. The van der Waals surface area contributed by atoms with E-state index in [1.165, 1.54) is 24.1 Å². The average molecular weight is 885 g/mol. The lowest BCUT2D eigenvalue weighted by Crippen LogP contribution is -2.53. The Morgan fingerprint density at radius 3 is 2.30 bits per heavy atom. The van der Waals surface area contributed by atoms with E-state index in [1.807, 2.05) is 30.3 Å². The van der Waals surface area contributed by atoms with E-state index in [0.29, 0.717) is 5.56 Å². The summed E-state index contributed by atoms with van der Waals surface area (Å²) in [4.78, 5) is 81.4. The van der Waals surface area contributed by atoms with Gasteiger partial charge in [-0.05, 0) is 88.3 Å². The molecule has 7 rings (SSSR count). The summed E-state index contributed by atoms with van der Waals surface area (Å²) in [6.45, 7) is 8.52. The first-order valence-electron chi connectivity index (χ1n) is 22.2. The van der Waals surface area contributed by atoms with Crippen molar-refractivity contribution >= 4 is 41.8 Å². The summed E-state index contributed by atoms with van der Waals surface area (Å²) >= 11 is 0. The fraction of sp³-hybridized carbons (Fsp3) is 0.551. The Morgan fingerprint density at radius 1 is 0.969 bits per heavy atom. The number of hydrogen-bond donors (Lipinski definition) is 2. The van der Waals surface area contributed by atoms with Crippen LogP contribution in [0.2, 0.25) is 0 Å². The molecule has 6 atom stereocenters. The molecule has 5 aliphatic rings. The van der Waals surface area contributed by atoms with Crippen LogP contribution >= 0.6 is 0 Å². The van der Waals surface area contributed by atoms with Crippen LogP contribution in [0.3, 0.4) is 0 Å². The minimum atomic E-state index is -1.04. The molecule has 4 fully saturated rings. The van der Waals surface area contributed by atoms with Gasteiger partial charge in [-0.2, -0.15) is 0 Å². The van der Waals surface area contributed by atoms with Crippen molar-refractivity contribution in [1.82, 2.24) is 10.2 Å². The molecule has 0 spiro atoms. The first-order valence-corrected chi connectivity index (χ1v) is 22.2. The molecule has 2 heterocycles. The van der Waals surface area contributed by atoms with Crippen LogP contribution in [0.5, 0.6) is 0 Å². The summed E-state index contributed by atoms with van der Waals surface area (Å²) in [6, 6.07) is 13.9. The number of fused-ring (bicyclic) bond motifs is 1. The first-order chi connectivity index (χ1) is 30.4. The highest BCUT2D eigenvalue weighted by molar-refractivity contribution is 5.98. The maximum atomic E-state index is 14.7. The molecule has 0 radical (unpaired) electrons. The molecule has 2 saturated heterocycles. The molecule has 2 N–H and O–H groups in total. The quantitative estimate of drug-likeness (QED) is 0.122. The predicted molar refractivity (Wildman–Crippen MR) is 231 cm³/mol. The average Bonchev–Trinajstić information content (AvgIpc) is 4.21. The Balaban J connectivity index is 1.09. The van der Waals surface area contributed by atoms with Gasteiger partial charge >= 0.3 is 23.9 Å². The van der Waals surface area contributed by atoms with Crippen LogP contribution in [0, 0.1) is 17.3 Å². The molecule has 2 aromatic carbocycles. The van der Waals surface area contributed by atoms with E-state index in [4.69, 9.17) is 28.4 Å². The summed E-state index contributed by atoms with van der Waals surface area (Å²) in [5, 5.41) is 13.1. The summed E-state index contributed by atoms with van der Waals surface area (Å²) in [5.74, 6) is -3.95. The summed E-state index contributed by atoms with van der Waals surface area (Å²) in [7, 11) is 1.54. The fourth-order valence-electron chi connectivity index (χ4n) is 8.59. The number of esters is 4. The summed E-state index contributed by atoms with van der Waals surface area (Å²) in [6.07, 6.45) is 4.99. The molecule has 3 aliphatic carbocycles. The smallest absolute Gasteiger partial charge is 0.348 e. The van der Waals surface area contributed by atoms with E-state index in [9.17, 15) is 33.9 Å². The second-order valence-electron chi connectivity index (χ2n) is 19.3. The van der Waals surface area contributed by atoms with E-state index in [-0.39, 0.29) is 55.3 Å². The number of cyclic esters (lactones) is 1. The van der Waals surface area contributed by atoms with Crippen molar-refractivity contribution in [1.29, 1.82) is 0 Å². The van der Waals surface area contributed by atoms with Crippen LogP contribution in [-0.4, -0.2) is 114 Å². The van der Waals surface area contributed by atoms with Crippen molar-refractivity contribution in [2.75, 3.05) is 20.3 Å². The second kappa shape index (κ2) is 19.0. The molecule has 2 aliphatic heterocycles. The van der Waals surface area contributed by atoms with Crippen molar-refractivity contribution < 1.29 is 62.3 Å². The Morgan fingerprint density at radius 2 is 1.67 bits per heavy atom. The molecule has 2 amide bonds. The molecule has 344 valence electrons. The molecule has 64 heavy (non-hydrogen) atoms. The molecule has 0 aromatic heterocycles. The van der Waals surface area contributed by atoms with Crippen LogP contribution in [0.15, 0.2) is 72.3 Å². The van der Waals surface area contributed by atoms with Crippen molar-refractivity contribution in [3.8, 4) is 0 Å². The minimum absolute atomic E-state index is 0.0228. The zero-order valence-electron chi connectivity index (χ0n) is 37.4. The van der Waals surface area contributed by atoms with Crippen LogP contribution < -0.4 is 5.32 Å². The lowest BCUT2D eigenvalue weighted by atomic mass is 9.90. The zero-order valence-corrected chi connectivity index (χ0v) is 37.4. The second-order valence-corrected chi connectivity index (χ2v) is 19.3. The maximum absolute atomic E-state index is 14.7. The highest BCUT2D eigenvalue weighted by Gasteiger charge is 2.64. The Hall–Kier alpha value is -5.38. The van der Waals surface area contributed by atoms with Crippen molar-refractivity contribution in [2.45, 2.75) is 134 Å².